The third kappa shape index (κ3) is 3.13. The molecule has 1 aromatic carbocycles. The number of hydrogen-bond acceptors (Lipinski definition) is 4. The minimum atomic E-state index is -3.46. The molecule has 6 nitrogen and oxygen atoms in total. The lowest BCUT2D eigenvalue weighted by Crippen LogP contribution is -2.42. The number of benzene rings is 1. The second-order valence-electron chi connectivity index (χ2n) is 6.23. The van der Waals surface area contributed by atoms with E-state index in [9.17, 15) is 13.2 Å². The van der Waals surface area contributed by atoms with Gasteiger partial charge in [-0.25, -0.2) is 12.7 Å². The number of ether oxygens (including phenoxy) is 1. The monoisotopic (exact) mass is 338 g/mol. The second-order valence-corrected chi connectivity index (χ2v) is 8.38. The van der Waals surface area contributed by atoms with Crippen LogP contribution in [0.15, 0.2) is 23.1 Å². The highest BCUT2D eigenvalue weighted by Crippen LogP contribution is 2.25. The van der Waals surface area contributed by atoms with Gasteiger partial charge < -0.3 is 9.64 Å². The Labute approximate surface area is 137 Å². The van der Waals surface area contributed by atoms with Crippen molar-refractivity contribution in [2.75, 3.05) is 27.2 Å². The fourth-order valence-electron chi connectivity index (χ4n) is 3.07. The van der Waals surface area contributed by atoms with E-state index in [-0.39, 0.29) is 16.9 Å². The zero-order chi connectivity index (χ0) is 16.6. The van der Waals surface area contributed by atoms with Crippen LogP contribution in [-0.4, -0.2) is 56.9 Å². The summed E-state index contributed by atoms with van der Waals surface area (Å²) in [6, 6.07) is 5.20. The lowest BCUT2D eigenvalue weighted by Gasteiger charge is -2.31. The summed E-state index contributed by atoms with van der Waals surface area (Å²) < 4.78 is 31.2. The van der Waals surface area contributed by atoms with Gasteiger partial charge in [-0.1, -0.05) is 6.07 Å². The molecule has 0 N–H and O–H groups in total. The first-order valence-corrected chi connectivity index (χ1v) is 9.28. The van der Waals surface area contributed by atoms with Crippen LogP contribution in [0, 0.1) is 0 Å². The van der Waals surface area contributed by atoms with Crippen molar-refractivity contribution in [2.45, 2.75) is 36.8 Å². The van der Waals surface area contributed by atoms with Crippen molar-refractivity contribution < 1.29 is 17.9 Å². The highest BCUT2D eigenvalue weighted by molar-refractivity contribution is 7.89. The first kappa shape index (κ1) is 16.4. The molecular formula is C16H22N2O4S. The van der Waals surface area contributed by atoms with Crippen molar-refractivity contribution in [3.8, 4) is 0 Å². The topological polar surface area (TPSA) is 66.9 Å². The number of nitrogens with zero attached hydrogens (tertiary/aromatic N) is 2. The second kappa shape index (κ2) is 6.22. The molecule has 126 valence electrons. The number of rotatable bonds is 3. The molecule has 23 heavy (non-hydrogen) atoms. The SMILES string of the molecule is CN(C)S(=O)(=O)c1ccc2c(c1)CN(C(=O)C1CCCO1)CC2. The van der Waals surface area contributed by atoms with Gasteiger partial charge in [0.2, 0.25) is 10.0 Å². The molecule has 0 saturated carbocycles. The number of amides is 1. The largest absolute Gasteiger partial charge is 0.368 e. The molecule has 0 radical (unpaired) electrons. The van der Waals surface area contributed by atoms with E-state index in [1.165, 1.54) is 18.4 Å². The van der Waals surface area contributed by atoms with Crippen LogP contribution in [0.4, 0.5) is 0 Å². The van der Waals surface area contributed by atoms with Gasteiger partial charge in [-0.3, -0.25) is 4.79 Å². The Morgan fingerprint density at radius 3 is 2.74 bits per heavy atom. The molecule has 0 spiro atoms. The first-order chi connectivity index (χ1) is 10.9. The van der Waals surface area contributed by atoms with Gasteiger partial charge in [0, 0.05) is 33.8 Å². The Morgan fingerprint density at radius 1 is 1.30 bits per heavy atom. The lowest BCUT2D eigenvalue weighted by atomic mass is 9.99. The summed E-state index contributed by atoms with van der Waals surface area (Å²) in [6.45, 7) is 1.75. The Kier molecular flexibility index (Phi) is 4.44. The summed E-state index contributed by atoms with van der Waals surface area (Å²) in [5.41, 5.74) is 2.02. The number of hydrogen-bond donors (Lipinski definition) is 0. The Morgan fingerprint density at radius 2 is 2.09 bits per heavy atom. The molecule has 3 rings (SSSR count). The molecule has 1 unspecified atom stereocenters. The molecule has 0 aromatic heterocycles. The van der Waals surface area contributed by atoms with Crippen molar-refractivity contribution in [3.63, 3.8) is 0 Å². The summed E-state index contributed by atoms with van der Waals surface area (Å²) in [5.74, 6) is 0.0222. The number of carbonyl (C=O) groups excluding carboxylic acids is 1. The highest BCUT2D eigenvalue weighted by Gasteiger charge is 2.30. The number of carbonyl (C=O) groups is 1. The molecule has 1 atom stereocenters. The Bertz CT molecular complexity index is 709. The fraction of sp³-hybridized carbons (Fsp3) is 0.562. The van der Waals surface area contributed by atoms with Crippen LogP contribution in [0.25, 0.3) is 0 Å². The standard InChI is InChI=1S/C16H22N2O4S/c1-17(2)23(20,21)14-6-5-12-7-8-18(11-13(12)10-14)16(19)15-4-3-9-22-15/h5-6,10,15H,3-4,7-9,11H2,1-2H3. The Hall–Kier alpha value is -1.44. The zero-order valence-corrected chi connectivity index (χ0v) is 14.3. The molecule has 2 aliphatic rings. The normalized spacial score (nSPS) is 21.5. The summed E-state index contributed by atoms with van der Waals surface area (Å²) in [5, 5.41) is 0. The highest BCUT2D eigenvalue weighted by atomic mass is 32.2. The molecule has 1 aromatic rings. The van der Waals surface area contributed by atoms with Crippen LogP contribution in [0.3, 0.4) is 0 Å². The van der Waals surface area contributed by atoms with E-state index in [0.717, 1.165) is 30.4 Å². The average molecular weight is 338 g/mol. The zero-order valence-electron chi connectivity index (χ0n) is 13.5. The molecular weight excluding hydrogens is 316 g/mol. The molecule has 0 aliphatic carbocycles. The van der Waals surface area contributed by atoms with Gasteiger partial charge >= 0.3 is 0 Å². The van der Waals surface area contributed by atoms with E-state index >= 15 is 0 Å². The fourth-order valence-corrected chi connectivity index (χ4v) is 4.02. The van der Waals surface area contributed by atoms with Gasteiger partial charge in [-0.15, -0.1) is 0 Å². The third-order valence-corrected chi connectivity index (χ3v) is 6.30. The van der Waals surface area contributed by atoms with Crippen LogP contribution in [-0.2, 0) is 32.5 Å². The van der Waals surface area contributed by atoms with Gasteiger partial charge in [0.05, 0.1) is 4.90 Å². The van der Waals surface area contributed by atoms with Gasteiger partial charge in [-0.05, 0) is 42.5 Å². The van der Waals surface area contributed by atoms with E-state index in [1.807, 2.05) is 6.07 Å². The predicted octanol–water partition coefficient (Wildman–Crippen LogP) is 1.00. The maximum Gasteiger partial charge on any atom is 0.252 e. The first-order valence-electron chi connectivity index (χ1n) is 7.84. The average Bonchev–Trinajstić information content (AvgIpc) is 3.07. The Balaban J connectivity index is 1.83. The van der Waals surface area contributed by atoms with Crippen molar-refractivity contribution in [1.82, 2.24) is 9.21 Å². The van der Waals surface area contributed by atoms with Crippen LogP contribution in [0.1, 0.15) is 24.0 Å². The van der Waals surface area contributed by atoms with Crippen LogP contribution < -0.4 is 0 Å². The van der Waals surface area contributed by atoms with Crippen LogP contribution >= 0.6 is 0 Å². The molecule has 1 saturated heterocycles. The van der Waals surface area contributed by atoms with Gasteiger partial charge in [0.1, 0.15) is 6.10 Å². The maximum absolute atomic E-state index is 12.5. The van der Waals surface area contributed by atoms with E-state index in [0.29, 0.717) is 19.7 Å². The van der Waals surface area contributed by atoms with E-state index < -0.39 is 10.0 Å². The van der Waals surface area contributed by atoms with Gasteiger partial charge in [0.25, 0.3) is 5.91 Å². The molecule has 1 amide bonds. The van der Waals surface area contributed by atoms with E-state index in [1.54, 1.807) is 17.0 Å². The quantitative estimate of drug-likeness (QED) is 0.825. The number of fused-ring (bicyclic) bond motifs is 1. The molecule has 0 bridgehead atoms. The van der Waals surface area contributed by atoms with Crippen LogP contribution in [0.5, 0.6) is 0 Å². The smallest absolute Gasteiger partial charge is 0.252 e. The third-order valence-electron chi connectivity index (χ3n) is 4.49. The van der Waals surface area contributed by atoms with Crippen molar-refractivity contribution >= 4 is 15.9 Å². The lowest BCUT2D eigenvalue weighted by molar-refractivity contribution is -0.141. The minimum Gasteiger partial charge on any atom is -0.368 e. The maximum atomic E-state index is 12.5. The summed E-state index contributed by atoms with van der Waals surface area (Å²) in [7, 11) is -0.427. The molecule has 2 aliphatic heterocycles. The van der Waals surface area contributed by atoms with E-state index in [4.69, 9.17) is 4.74 Å². The molecule has 7 heteroatoms. The summed E-state index contributed by atoms with van der Waals surface area (Å²) in [6.07, 6.45) is 2.12. The van der Waals surface area contributed by atoms with Crippen molar-refractivity contribution in [1.29, 1.82) is 0 Å². The summed E-state index contributed by atoms with van der Waals surface area (Å²) in [4.78, 5) is 14.5. The van der Waals surface area contributed by atoms with Gasteiger partial charge in [-0.2, -0.15) is 0 Å². The minimum absolute atomic E-state index is 0.0222. The number of sulfonamides is 1. The van der Waals surface area contributed by atoms with Gasteiger partial charge in [0.15, 0.2) is 0 Å². The molecule has 1 fully saturated rings. The predicted molar refractivity (Wildman–Crippen MR) is 85.4 cm³/mol. The van der Waals surface area contributed by atoms with Crippen molar-refractivity contribution in [2.24, 2.45) is 0 Å². The summed E-state index contributed by atoms with van der Waals surface area (Å²) >= 11 is 0. The van der Waals surface area contributed by atoms with Crippen molar-refractivity contribution in [3.05, 3.63) is 29.3 Å². The molecule has 2 heterocycles. The van der Waals surface area contributed by atoms with E-state index in [2.05, 4.69) is 0 Å². The van der Waals surface area contributed by atoms with Crippen LogP contribution in [0.2, 0.25) is 0 Å².